The molecule has 0 amide bonds. The van der Waals surface area contributed by atoms with E-state index in [2.05, 4.69) is 4.74 Å². The quantitative estimate of drug-likeness (QED) is 0.822. The lowest BCUT2D eigenvalue weighted by Crippen LogP contribution is -2.33. The third-order valence-corrected chi connectivity index (χ3v) is 1.62. The predicted octanol–water partition coefficient (Wildman–Crippen LogP) is 2.55. The number of hydrogen-bond acceptors (Lipinski definition) is 2. The summed E-state index contributed by atoms with van der Waals surface area (Å²) < 4.78 is 64.8. The summed E-state index contributed by atoms with van der Waals surface area (Å²) in [4.78, 5) is 0. The molecule has 1 rings (SSSR count). The summed E-state index contributed by atoms with van der Waals surface area (Å²) in [6.07, 6.45) is -8.71. The molecule has 0 atom stereocenters. The second-order valence-electron chi connectivity index (χ2n) is 2.92. The first-order chi connectivity index (χ1) is 7.35. The topological polar surface area (TPSA) is 29.5 Å². The van der Waals surface area contributed by atoms with Gasteiger partial charge in [-0.2, -0.15) is 17.6 Å². The van der Waals surface area contributed by atoms with Gasteiger partial charge in [0.1, 0.15) is 11.6 Å². The molecule has 1 N–H and O–H groups in total. The van der Waals surface area contributed by atoms with Crippen molar-refractivity contribution in [2.24, 2.45) is 0 Å². The summed E-state index contributed by atoms with van der Waals surface area (Å²) in [6, 6.07) is 2.24. The molecule has 0 aliphatic heterocycles. The fourth-order valence-electron chi connectivity index (χ4n) is 0.973. The highest BCUT2D eigenvalue weighted by atomic mass is 19.3. The molecular formula is C9H7F5O2. The van der Waals surface area contributed by atoms with Crippen molar-refractivity contribution >= 4 is 0 Å². The van der Waals surface area contributed by atoms with Gasteiger partial charge in [0.05, 0.1) is 6.61 Å². The Kier molecular flexibility index (Phi) is 3.69. The van der Waals surface area contributed by atoms with E-state index in [0.29, 0.717) is 6.07 Å². The highest BCUT2D eigenvalue weighted by Gasteiger charge is 2.44. The molecule has 16 heavy (non-hydrogen) atoms. The van der Waals surface area contributed by atoms with Gasteiger partial charge in [-0.3, -0.25) is 0 Å². The van der Waals surface area contributed by atoms with Gasteiger partial charge in [-0.15, -0.1) is 0 Å². The Morgan fingerprint density at radius 3 is 2.38 bits per heavy atom. The van der Waals surface area contributed by atoms with Crippen molar-refractivity contribution in [1.29, 1.82) is 0 Å². The van der Waals surface area contributed by atoms with Crippen molar-refractivity contribution in [3.8, 4) is 5.75 Å². The first-order valence-corrected chi connectivity index (χ1v) is 4.10. The van der Waals surface area contributed by atoms with E-state index in [0.717, 1.165) is 12.1 Å². The smallest absolute Gasteiger partial charge is 0.428 e. The minimum Gasteiger partial charge on any atom is -0.428 e. The van der Waals surface area contributed by atoms with Crippen LogP contribution in [0.15, 0.2) is 18.2 Å². The summed E-state index contributed by atoms with van der Waals surface area (Å²) >= 11 is 0. The van der Waals surface area contributed by atoms with Gasteiger partial charge in [-0.25, -0.2) is 4.39 Å². The molecule has 7 heteroatoms. The van der Waals surface area contributed by atoms with E-state index < -0.39 is 30.7 Å². The molecular weight excluding hydrogens is 235 g/mol. The van der Waals surface area contributed by atoms with Crippen LogP contribution >= 0.6 is 0 Å². The van der Waals surface area contributed by atoms with Crippen LogP contribution in [0.25, 0.3) is 0 Å². The van der Waals surface area contributed by atoms with Crippen LogP contribution in [0.1, 0.15) is 5.56 Å². The van der Waals surface area contributed by atoms with E-state index in [9.17, 15) is 22.0 Å². The molecule has 0 saturated carbocycles. The van der Waals surface area contributed by atoms with E-state index in [1.54, 1.807) is 0 Å². The zero-order valence-electron chi connectivity index (χ0n) is 7.76. The zero-order valence-corrected chi connectivity index (χ0v) is 7.76. The van der Waals surface area contributed by atoms with Gasteiger partial charge >= 0.3 is 12.5 Å². The van der Waals surface area contributed by atoms with Crippen LogP contribution in [0, 0.1) is 5.82 Å². The molecule has 0 aliphatic carbocycles. The molecule has 1 aromatic rings. The molecule has 0 saturated heterocycles. The normalized spacial score (nSPS) is 11.9. The van der Waals surface area contributed by atoms with Gasteiger partial charge in [0.25, 0.3) is 0 Å². The van der Waals surface area contributed by atoms with Crippen molar-refractivity contribution in [1.82, 2.24) is 0 Å². The van der Waals surface area contributed by atoms with Gasteiger partial charge in [0.2, 0.25) is 0 Å². The van der Waals surface area contributed by atoms with Crippen LogP contribution in [0.3, 0.4) is 0 Å². The third-order valence-electron chi connectivity index (χ3n) is 1.62. The van der Waals surface area contributed by atoms with Crippen molar-refractivity contribution in [2.45, 2.75) is 19.1 Å². The summed E-state index contributed by atoms with van der Waals surface area (Å²) in [7, 11) is 0. The molecule has 0 bridgehead atoms. The van der Waals surface area contributed by atoms with Gasteiger partial charge in [-0.05, 0) is 17.7 Å². The number of alkyl halides is 4. The average molecular weight is 242 g/mol. The second kappa shape index (κ2) is 4.65. The average Bonchev–Trinajstić information content (AvgIpc) is 2.15. The zero-order chi connectivity index (χ0) is 12.3. The number of halogens is 5. The summed E-state index contributed by atoms with van der Waals surface area (Å²) in [5.74, 6) is -1.74. The number of ether oxygens (including phenoxy) is 1. The maximum absolute atomic E-state index is 12.8. The maximum Gasteiger partial charge on any atom is 0.461 e. The van der Waals surface area contributed by atoms with Crippen molar-refractivity contribution in [3.63, 3.8) is 0 Å². The van der Waals surface area contributed by atoms with E-state index in [4.69, 9.17) is 5.11 Å². The monoisotopic (exact) mass is 242 g/mol. The molecule has 90 valence electrons. The standard InChI is InChI=1S/C9H7F5O2/c10-6-1-5(4-15)2-7(3-6)16-9(13,14)8(11)12/h1-3,8,15H,4H2. The first kappa shape index (κ1) is 12.7. The number of rotatable bonds is 4. The number of benzene rings is 1. The molecule has 1 aromatic carbocycles. The molecule has 0 radical (unpaired) electrons. The minimum atomic E-state index is -4.69. The Morgan fingerprint density at radius 2 is 1.88 bits per heavy atom. The van der Waals surface area contributed by atoms with Gasteiger partial charge < -0.3 is 9.84 Å². The van der Waals surface area contributed by atoms with Crippen LogP contribution in [0.4, 0.5) is 22.0 Å². The van der Waals surface area contributed by atoms with Gasteiger partial charge in [-0.1, -0.05) is 0 Å². The first-order valence-electron chi connectivity index (χ1n) is 4.10. The molecule has 0 aliphatic rings. The van der Waals surface area contributed by atoms with Crippen LogP contribution in [0.5, 0.6) is 5.75 Å². The van der Waals surface area contributed by atoms with E-state index in [1.165, 1.54) is 0 Å². The minimum absolute atomic E-state index is 0.0555. The van der Waals surface area contributed by atoms with Crippen LogP contribution in [-0.2, 0) is 6.61 Å². The highest BCUT2D eigenvalue weighted by molar-refractivity contribution is 5.29. The fraction of sp³-hybridized carbons (Fsp3) is 0.333. The Bertz CT molecular complexity index is 367. The van der Waals surface area contributed by atoms with Crippen molar-refractivity contribution in [3.05, 3.63) is 29.6 Å². The Balaban J connectivity index is 2.93. The third kappa shape index (κ3) is 3.06. The lowest BCUT2D eigenvalue weighted by Gasteiger charge is -2.17. The predicted molar refractivity (Wildman–Crippen MR) is 43.9 cm³/mol. The van der Waals surface area contributed by atoms with Crippen LogP contribution < -0.4 is 4.74 Å². The number of hydrogen-bond donors (Lipinski definition) is 1. The maximum atomic E-state index is 12.8. The van der Waals surface area contributed by atoms with E-state index in [-0.39, 0.29) is 5.56 Å². The summed E-state index contributed by atoms with van der Waals surface area (Å²) in [5, 5.41) is 8.64. The number of aliphatic hydroxyl groups is 1. The molecule has 0 unspecified atom stereocenters. The summed E-state index contributed by atoms with van der Waals surface area (Å²) in [6.45, 7) is -0.617. The Morgan fingerprint density at radius 1 is 1.25 bits per heavy atom. The highest BCUT2D eigenvalue weighted by Crippen LogP contribution is 2.28. The molecule has 0 spiro atoms. The molecule has 0 fully saturated rings. The van der Waals surface area contributed by atoms with Gasteiger partial charge in [0.15, 0.2) is 0 Å². The Labute approximate surface area is 87.3 Å². The Hall–Kier alpha value is -1.37. The van der Waals surface area contributed by atoms with E-state index in [1.807, 2.05) is 0 Å². The lowest BCUT2D eigenvalue weighted by molar-refractivity contribution is -0.253. The van der Waals surface area contributed by atoms with Crippen molar-refractivity contribution in [2.75, 3.05) is 0 Å². The number of aliphatic hydroxyl groups excluding tert-OH is 1. The summed E-state index contributed by atoms with van der Waals surface area (Å²) in [5.41, 5.74) is -0.0555. The lowest BCUT2D eigenvalue weighted by atomic mass is 10.2. The van der Waals surface area contributed by atoms with Crippen molar-refractivity contribution < 1.29 is 31.8 Å². The fourth-order valence-corrected chi connectivity index (χ4v) is 0.973. The SMILES string of the molecule is OCc1cc(F)cc(OC(F)(F)C(F)F)c1. The largest absolute Gasteiger partial charge is 0.461 e. The van der Waals surface area contributed by atoms with Gasteiger partial charge in [0, 0.05) is 6.07 Å². The molecule has 0 heterocycles. The second-order valence-corrected chi connectivity index (χ2v) is 2.92. The molecule has 0 aromatic heterocycles. The van der Waals surface area contributed by atoms with E-state index >= 15 is 0 Å². The van der Waals surface area contributed by atoms with Crippen LogP contribution in [0.2, 0.25) is 0 Å². The van der Waals surface area contributed by atoms with Crippen LogP contribution in [-0.4, -0.2) is 17.6 Å². The molecule has 2 nitrogen and oxygen atoms in total.